The summed E-state index contributed by atoms with van der Waals surface area (Å²) in [5, 5.41) is 15.7. The number of aromatic nitrogens is 3. The molecule has 64 valence electrons. The largest absolute Gasteiger partial charge is 0.481 e. The van der Waals surface area contributed by atoms with Crippen molar-refractivity contribution in [3.63, 3.8) is 0 Å². The quantitative estimate of drug-likeness (QED) is 0.696. The molecule has 0 aliphatic carbocycles. The van der Waals surface area contributed by atoms with Gasteiger partial charge in [-0.1, -0.05) is 0 Å². The number of nitrogens with zero attached hydrogens (tertiary/aromatic N) is 3. The van der Waals surface area contributed by atoms with E-state index in [-0.39, 0.29) is 6.42 Å². The van der Waals surface area contributed by atoms with Crippen LogP contribution in [0.3, 0.4) is 0 Å². The zero-order chi connectivity index (χ0) is 8.81. The van der Waals surface area contributed by atoms with Gasteiger partial charge in [-0.15, -0.1) is 5.10 Å². The zero-order valence-corrected chi connectivity index (χ0v) is 6.47. The van der Waals surface area contributed by atoms with Gasteiger partial charge >= 0.3 is 5.97 Å². The Morgan fingerprint density at radius 1 is 1.50 bits per heavy atom. The predicted octanol–water partition coefficient (Wildman–Crippen LogP) is 0.279. The fourth-order valence-corrected chi connectivity index (χ4v) is 0.787. The first-order valence-electron chi connectivity index (χ1n) is 3.63. The summed E-state index contributed by atoms with van der Waals surface area (Å²) >= 11 is 0. The molecule has 0 unspecified atom stereocenters. The van der Waals surface area contributed by atoms with Gasteiger partial charge in [0.05, 0.1) is 6.20 Å². The van der Waals surface area contributed by atoms with E-state index < -0.39 is 5.97 Å². The molecule has 0 aromatic carbocycles. The van der Waals surface area contributed by atoms with Gasteiger partial charge in [-0.2, -0.15) is 5.10 Å². The minimum atomic E-state index is -0.793. The predicted molar refractivity (Wildman–Crippen MR) is 40.4 cm³/mol. The van der Waals surface area contributed by atoms with E-state index in [9.17, 15) is 4.79 Å². The Bertz CT molecular complexity index is 250. The second-order valence-corrected chi connectivity index (χ2v) is 2.31. The fourth-order valence-electron chi connectivity index (χ4n) is 0.787. The first-order valence-corrected chi connectivity index (χ1v) is 3.63. The maximum atomic E-state index is 10.1. The number of carboxylic acids is 1. The second kappa shape index (κ2) is 4.38. The van der Waals surface area contributed by atoms with Gasteiger partial charge in [-0.05, 0) is 6.42 Å². The SMILES string of the molecule is O=C(O)CCCc1nccnn1. The molecule has 1 aromatic rings. The van der Waals surface area contributed by atoms with Crippen LogP contribution in [0.5, 0.6) is 0 Å². The van der Waals surface area contributed by atoms with Crippen molar-refractivity contribution in [1.29, 1.82) is 0 Å². The number of carbonyl (C=O) groups is 1. The van der Waals surface area contributed by atoms with Crippen LogP contribution < -0.4 is 0 Å². The van der Waals surface area contributed by atoms with Gasteiger partial charge in [0, 0.05) is 19.0 Å². The highest BCUT2D eigenvalue weighted by atomic mass is 16.4. The summed E-state index contributed by atoms with van der Waals surface area (Å²) in [4.78, 5) is 14.0. The third-order valence-electron chi connectivity index (χ3n) is 1.32. The molecule has 5 nitrogen and oxygen atoms in total. The standard InChI is InChI=1S/C7H9N3O2/c11-7(12)3-1-2-6-8-4-5-9-10-6/h4-5H,1-3H2,(H,11,12). The molecule has 0 aliphatic rings. The molecule has 0 bridgehead atoms. The van der Waals surface area contributed by atoms with Gasteiger partial charge in [0.1, 0.15) is 0 Å². The van der Waals surface area contributed by atoms with E-state index in [4.69, 9.17) is 5.11 Å². The fraction of sp³-hybridized carbons (Fsp3) is 0.429. The van der Waals surface area contributed by atoms with Crippen LogP contribution in [0, 0.1) is 0 Å². The van der Waals surface area contributed by atoms with Gasteiger partial charge in [-0.3, -0.25) is 4.79 Å². The van der Waals surface area contributed by atoms with Crippen LogP contribution in [-0.4, -0.2) is 26.3 Å². The number of rotatable bonds is 4. The minimum Gasteiger partial charge on any atom is -0.481 e. The normalized spacial score (nSPS) is 9.67. The molecule has 0 fully saturated rings. The molecular formula is C7H9N3O2. The molecule has 1 heterocycles. The van der Waals surface area contributed by atoms with Crippen LogP contribution in [0.1, 0.15) is 18.7 Å². The van der Waals surface area contributed by atoms with E-state index in [1.54, 1.807) is 6.20 Å². The molecule has 0 amide bonds. The summed E-state index contributed by atoms with van der Waals surface area (Å²) in [6.45, 7) is 0. The van der Waals surface area contributed by atoms with Crippen LogP contribution >= 0.6 is 0 Å². The third-order valence-corrected chi connectivity index (χ3v) is 1.32. The van der Waals surface area contributed by atoms with E-state index in [0.29, 0.717) is 18.7 Å². The van der Waals surface area contributed by atoms with Crippen LogP contribution in [0.15, 0.2) is 12.4 Å². The maximum Gasteiger partial charge on any atom is 0.303 e. The number of aliphatic carboxylic acids is 1. The lowest BCUT2D eigenvalue weighted by molar-refractivity contribution is -0.137. The van der Waals surface area contributed by atoms with E-state index in [1.165, 1.54) is 6.20 Å². The Labute approximate surface area is 69.5 Å². The molecule has 1 rings (SSSR count). The van der Waals surface area contributed by atoms with Crippen molar-refractivity contribution in [2.24, 2.45) is 0 Å². The van der Waals surface area contributed by atoms with Crippen molar-refractivity contribution in [1.82, 2.24) is 15.2 Å². The topological polar surface area (TPSA) is 76.0 Å². The van der Waals surface area contributed by atoms with Gasteiger partial charge in [-0.25, -0.2) is 4.98 Å². The highest BCUT2D eigenvalue weighted by Gasteiger charge is 1.99. The van der Waals surface area contributed by atoms with Gasteiger partial charge < -0.3 is 5.11 Å². The minimum absolute atomic E-state index is 0.151. The molecule has 0 saturated carbocycles. The third kappa shape index (κ3) is 3.05. The lowest BCUT2D eigenvalue weighted by atomic mass is 10.2. The van der Waals surface area contributed by atoms with E-state index >= 15 is 0 Å². The summed E-state index contributed by atoms with van der Waals surface area (Å²) in [5.41, 5.74) is 0. The lowest BCUT2D eigenvalue weighted by Crippen LogP contribution is -1.99. The van der Waals surface area contributed by atoms with E-state index in [0.717, 1.165) is 0 Å². The number of hydrogen-bond donors (Lipinski definition) is 1. The Balaban J connectivity index is 2.29. The monoisotopic (exact) mass is 167 g/mol. The number of hydrogen-bond acceptors (Lipinski definition) is 4. The molecule has 0 spiro atoms. The molecule has 12 heavy (non-hydrogen) atoms. The Morgan fingerprint density at radius 3 is 2.92 bits per heavy atom. The van der Waals surface area contributed by atoms with E-state index in [2.05, 4.69) is 15.2 Å². The van der Waals surface area contributed by atoms with Crippen molar-refractivity contribution in [3.8, 4) is 0 Å². The summed E-state index contributed by atoms with van der Waals surface area (Å²) < 4.78 is 0. The first-order chi connectivity index (χ1) is 5.79. The number of carboxylic acid groups (broad SMARTS) is 1. The van der Waals surface area contributed by atoms with Crippen LogP contribution in [0.4, 0.5) is 0 Å². The lowest BCUT2D eigenvalue weighted by Gasteiger charge is -1.94. The van der Waals surface area contributed by atoms with Crippen molar-refractivity contribution in [2.75, 3.05) is 0 Å². The highest BCUT2D eigenvalue weighted by molar-refractivity contribution is 5.66. The van der Waals surface area contributed by atoms with Gasteiger partial charge in [0.25, 0.3) is 0 Å². The number of aryl methyl sites for hydroxylation is 1. The summed E-state index contributed by atoms with van der Waals surface area (Å²) in [6, 6.07) is 0. The molecule has 0 saturated heterocycles. The van der Waals surface area contributed by atoms with Crippen LogP contribution in [-0.2, 0) is 11.2 Å². The second-order valence-electron chi connectivity index (χ2n) is 2.31. The Kier molecular flexibility index (Phi) is 3.13. The average molecular weight is 167 g/mol. The summed E-state index contributed by atoms with van der Waals surface area (Å²) in [6.07, 6.45) is 4.31. The van der Waals surface area contributed by atoms with Crippen LogP contribution in [0.25, 0.3) is 0 Å². The molecule has 0 aliphatic heterocycles. The van der Waals surface area contributed by atoms with Crippen LogP contribution in [0.2, 0.25) is 0 Å². The maximum absolute atomic E-state index is 10.1. The Hall–Kier alpha value is -1.52. The van der Waals surface area contributed by atoms with E-state index in [1.807, 2.05) is 0 Å². The van der Waals surface area contributed by atoms with Crippen molar-refractivity contribution >= 4 is 5.97 Å². The van der Waals surface area contributed by atoms with Crippen molar-refractivity contribution < 1.29 is 9.90 Å². The zero-order valence-electron chi connectivity index (χ0n) is 6.47. The molecule has 0 atom stereocenters. The molecule has 5 heteroatoms. The highest BCUT2D eigenvalue weighted by Crippen LogP contribution is 1.96. The smallest absolute Gasteiger partial charge is 0.303 e. The summed E-state index contributed by atoms with van der Waals surface area (Å²) in [7, 11) is 0. The van der Waals surface area contributed by atoms with Crippen molar-refractivity contribution in [3.05, 3.63) is 18.2 Å². The molecular weight excluding hydrogens is 158 g/mol. The molecule has 1 aromatic heterocycles. The van der Waals surface area contributed by atoms with Crippen molar-refractivity contribution in [2.45, 2.75) is 19.3 Å². The van der Waals surface area contributed by atoms with Gasteiger partial charge in [0.15, 0.2) is 5.82 Å². The van der Waals surface area contributed by atoms with Gasteiger partial charge in [0.2, 0.25) is 0 Å². The molecule has 0 radical (unpaired) electrons. The average Bonchev–Trinajstić information content (AvgIpc) is 2.05. The summed E-state index contributed by atoms with van der Waals surface area (Å²) in [5.74, 6) is -0.197. The molecule has 1 N–H and O–H groups in total. The Morgan fingerprint density at radius 2 is 2.33 bits per heavy atom. The first kappa shape index (κ1) is 8.58.